The fraction of sp³-hybridized carbons (Fsp3) is 0.630. The molecular weight excluding hydrogens is 496 g/mol. The molecule has 0 heterocycles. The summed E-state index contributed by atoms with van der Waals surface area (Å²) in [7, 11) is 0. The van der Waals surface area contributed by atoms with E-state index in [-0.39, 0.29) is 43.9 Å². The third-order valence-electron chi connectivity index (χ3n) is 6.79. The number of rotatable bonds is 18. The molecule has 1 aromatic rings. The number of allylic oxidation sites excluding steroid dienone is 2. The summed E-state index contributed by atoms with van der Waals surface area (Å²) in [5.41, 5.74) is 1.18. The van der Waals surface area contributed by atoms with Crippen LogP contribution in [-0.4, -0.2) is 70.4 Å². The Bertz CT molecular complexity index is 881. The molecule has 4 N–H and O–H groups in total. The smallest absolute Gasteiger partial charge is 0.325 e. The molecule has 0 aromatic heterocycles. The first-order chi connectivity index (χ1) is 18.3. The van der Waals surface area contributed by atoms with Crippen LogP contribution >= 0.6 is 0 Å². The number of unbranched alkanes of at least 4 members (excludes halogenated alkanes) is 1. The molecule has 1 fully saturated rings. The third kappa shape index (κ3) is 12.5. The first-order valence-electron chi connectivity index (χ1n) is 13.2. The lowest BCUT2D eigenvalue weighted by Gasteiger charge is -2.23. The number of nitrogens with zero attached hydrogens (tertiary/aromatic N) is 1. The van der Waals surface area contributed by atoms with Gasteiger partial charge in [0, 0.05) is 6.42 Å². The number of amides is 1. The molecule has 1 amide bonds. The Hall–Kier alpha value is -3.02. The number of esters is 1. The minimum atomic E-state index is -0.984. The molecule has 11 nitrogen and oxygen atoms in total. The Labute approximate surface area is 222 Å². The molecule has 1 aliphatic rings. The van der Waals surface area contributed by atoms with Crippen molar-refractivity contribution in [1.82, 2.24) is 5.32 Å². The van der Waals surface area contributed by atoms with Crippen molar-refractivity contribution in [3.63, 3.8) is 0 Å². The number of ether oxygens (including phenoxy) is 1. The monoisotopic (exact) mass is 536 g/mol. The van der Waals surface area contributed by atoms with E-state index in [9.17, 15) is 35.0 Å². The maximum absolute atomic E-state index is 11.8. The van der Waals surface area contributed by atoms with Crippen molar-refractivity contribution in [2.75, 3.05) is 19.8 Å². The van der Waals surface area contributed by atoms with Crippen LogP contribution in [0.25, 0.3) is 0 Å². The lowest BCUT2D eigenvalue weighted by atomic mass is 9.85. The van der Waals surface area contributed by atoms with Crippen molar-refractivity contribution in [1.29, 1.82) is 0 Å². The first kappa shape index (κ1) is 31.2. The Balaban J connectivity index is 1.60. The van der Waals surface area contributed by atoms with Gasteiger partial charge in [0.1, 0.15) is 19.8 Å². The number of benzene rings is 1. The van der Waals surface area contributed by atoms with E-state index in [0.29, 0.717) is 44.9 Å². The van der Waals surface area contributed by atoms with Gasteiger partial charge in [0.2, 0.25) is 5.91 Å². The number of aliphatic hydroxyl groups is 3. The highest BCUT2D eigenvalue weighted by molar-refractivity contribution is 5.81. The van der Waals surface area contributed by atoms with Crippen LogP contribution in [0.3, 0.4) is 0 Å². The fourth-order valence-corrected chi connectivity index (χ4v) is 4.74. The Kier molecular flexibility index (Phi) is 14.4. The predicted molar refractivity (Wildman–Crippen MR) is 138 cm³/mol. The zero-order valence-electron chi connectivity index (χ0n) is 21.7. The van der Waals surface area contributed by atoms with Crippen molar-refractivity contribution in [2.45, 2.75) is 76.1 Å². The molecule has 38 heavy (non-hydrogen) atoms. The summed E-state index contributed by atoms with van der Waals surface area (Å²) in [6, 6.07) is 10.0. The van der Waals surface area contributed by atoms with Crippen LogP contribution in [0.5, 0.6) is 0 Å². The summed E-state index contributed by atoms with van der Waals surface area (Å²) in [5.74, 6) is -1.16. The number of hydrogen-bond acceptors (Lipinski definition) is 9. The Morgan fingerprint density at radius 3 is 2.58 bits per heavy atom. The van der Waals surface area contributed by atoms with E-state index in [1.807, 2.05) is 42.5 Å². The van der Waals surface area contributed by atoms with Crippen LogP contribution in [0.1, 0.15) is 56.9 Å². The number of nitrogens with one attached hydrogen (secondary N) is 1. The quantitative estimate of drug-likeness (QED) is 0.0722. The van der Waals surface area contributed by atoms with Gasteiger partial charge in [-0.1, -0.05) is 42.5 Å². The molecule has 0 spiro atoms. The molecule has 0 saturated heterocycles. The number of hydrogen-bond donors (Lipinski definition) is 4. The molecule has 1 saturated carbocycles. The number of aliphatic hydroxyl groups excluding tert-OH is 3. The second kappa shape index (κ2) is 17.5. The van der Waals surface area contributed by atoms with Gasteiger partial charge in [-0.15, -0.1) is 10.1 Å². The summed E-state index contributed by atoms with van der Waals surface area (Å²) in [5, 5.41) is 42.7. The van der Waals surface area contributed by atoms with Crippen LogP contribution < -0.4 is 5.32 Å². The average Bonchev–Trinajstić information content (AvgIpc) is 3.16. The third-order valence-corrected chi connectivity index (χ3v) is 6.79. The van der Waals surface area contributed by atoms with Crippen molar-refractivity contribution < 1.29 is 39.6 Å². The molecule has 0 aliphatic heterocycles. The summed E-state index contributed by atoms with van der Waals surface area (Å²) in [4.78, 5) is 37.3. The molecule has 2 rings (SSSR count). The van der Waals surface area contributed by atoms with Gasteiger partial charge in [0.25, 0.3) is 5.09 Å². The van der Waals surface area contributed by atoms with E-state index in [1.165, 1.54) is 5.56 Å². The highest BCUT2D eigenvalue weighted by Gasteiger charge is 2.40. The number of carbonyl (C=O) groups is 2. The average molecular weight is 537 g/mol. The molecule has 11 heteroatoms. The van der Waals surface area contributed by atoms with Crippen LogP contribution in [0, 0.1) is 22.0 Å². The maximum atomic E-state index is 11.8. The van der Waals surface area contributed by atoms with E-state index in [2.05, 4.69) is 14.9 Å². The van der Waals surface area contributed by atoms with Gasteiger partial charge in [0.05, 0.1) is 18.3 Å². The second-order valence-electron chi connectivity index (χ2n) is 9.61. The van der Waals surface area contributed by atoms with Gasteiger partial charge < -0.3 is 30.2 Å². The van der Waals surface area contributed by atoms with E-state index in [1.54, 1.807) is 0 Å². The normalized spacial score (nSPS) is 21.8. The van der Waals surface area contributed by atoms with Gasteiger partial charge in [-0.05, 0) is 68.8 Å². The summed E-state index contributed by atoms with van der Waals surface area (Å²) >= 11 is 0. The molecule has 5 atom stereocenters. The molecule has 0 bridgehead atoms. The molecule has 212 valence electrons. The van der Waals surface area contributed by atoms with E-state index in [4.69, 9.17) is 0 Å². The van der Waals surface area contributed by atoms with E-state index < -0.39 is 29.4 Å². The Morgan fingerprint density at radius 2 is 1.84 bits per heavy atom. The van der Waals surface area contributed by atoms with Gasteiger partial charge in [-0.2, -0.15) is 0 Å². The SMILES string of the molecule is O=C(CCC/C=C\C[C@@H]1[C@@H](CC[C@@H](O)CCc2ccccc2)[C@H](O)C[C@@H]1O)NCC(=O)OCCO[N+](=O)[O-]. The first-order valence-corrected chi connectivity index (χ1v) is 13.2. The largest absolute Gasteiger partial charge is 0.462 e. The fourth-order valence-electron chi connectivity index (χ4n) is 4.74. The highest BCUT2D eigenvalue weighted by atomic mass is 17.0. The van der Waals surface area contributed by atoms with Gasteiger partial charge in [-0.25, -0.2) is 0 Å². The standard InChI is InChI=1S/C27H40N2O9/c30-21(13-12-20-8-4-3-5-9-20)14-15-23-22(24(31)18-25(23)32)10-6-1-2-7-11-26(33)28-19-27(34)37-16-17-38-29(35)36/h1,3-6,8-9,21-25,30-32H,2,7,10-19H2,(H,28,33)/b6-1-/t21-,22+,23+,24-,25+/m0/s1. The van der Waals surface area contributed by atoms with Crippen molar-refractivity contribution in [2.24, 2.45) is 11.8 Å². The minimum absolute atomic E-state index is 0.0716. The van der Waals surface area contributed by atoms with Crippen LogP contribution in [0.4, 0.5) is 0 Å². The van der Waals surface area contributed by atoms with Gasteiger partial charge in [-0.3, -0.25) is 9.59 Å². The summed E-state index contributed by atoms with van der Waals surface area (Å²) in [6.45, 7) is -0.965. The highest BCUT2D eigenvalue weighted by Crippen LogP contribution is 2.38. The molecule has 0 radical (unpaired) electrons. The van der Waals surface area contributed by atoms with E-state index >= 15 is 0 Å². The zero-order valence-corrected chi connectivity index (χ0v) is 21.7. The predicted octanol–water partition coefficient (Wildman–Crippen LogP) is 2.10. The van der Waals surface area contributed by atoms with Crippen molar-refractivity contribution >= 4 is 11.9 Å². The minimum Gasteiger partial charge on any atom is -0.462 e. The summed E-state index contributed by atoms with van der Waals surface area (Å²) < 4.78 is 4.69. The van der Waals surface area contributed by atoms with Crippen molar-refractivity contribution in [3.8, 4) is 0 Å². The van der Waals surface area contributed by atoms with E-state index in [0.717, 1.165) is 6.42 Å². The zero-order chi connectivity index (χ0) is 27.8. The molecular formula is C27H40N2O9. The molecule has 1 aromatic carbocycles. The van der Waals surface area contributed by atoms with Gasteiger partial charge >= 0.3 is 5.97 Å². The van der Waals surface area contributed by atoms with Crippen LogP contribution in [0.2, 0.25) is 0 Å². The van der Waals surface area contributed by atoms with Crippen LogP contribution in [0.15, 0.2) is 42.5 Å². The maximum Gasteiger partial charge on any atom is 0.325 e. The lowest BCUT2D eigenvalue weighted by Crippen LogP contribution is -2.31. The van der Waals surface area contributed by atoms with Gasteiger partial charge in [0.15, 0.2) is 0 Å². The number of aryl methyl sites for hydroxylation is 1. The molecule has 0 unspecified atom stereocenters. The second-order valence-corrected chi connectivity index (χ2v) is 9.61. The topological polar surface area (TPSA) is 168 Å². The Morgan fingerprint density at radius 1 is 1.11 bits per heavy atom. The molecule has 1 aliphatic carbocycles. The number of carbonyl (C=O) groups excluding carboxylic acids is 2. The van der Waals surface area contributed by atoms with Crippen molar-refractivity contribution in [3.05, 3.63) is 58.2 Å². The lowest BCUT2D eigenvalue weighted by molar-refractivity contribution is -0.757. The summed E-state index contributed by atoms with van der Waals surface area (Å²) in [6.07, 6.45) is 7.37. The van der Waals surface area contributed by atoms with Crippen LogP contribution in [-0.2, 0) is 25.6 Å².